The second kappa shape index (κ2) is 9.82. The lowest BCUT2D eigenvalue weighted by Gasteiger charge is -2.17. The van der Waals surface area contributed by atoms with Crippen LogP contribution in [-0.4, -0.2) is 34.8 Å². The summed E-state index contributed by atoms with van der Waals surface area (Å²) in [6.45, 7) is -0.0192. The molecule has 0 radical (unpaired) electrons. The number of imide groups is 1. The smallest absolute Gasteiger partial charge is 0.261 e. The van der Waals surface area contributed by atoms with Gasteiger partial charge in [-0.25, -0.2) is 4.98 Å². The van der Waals surface area contributed by atoms with Crippen molar-refractivity contribution >= 4 is 35.0 Å². The van der Waals surface area contributed by atoms with Gasteiger partial charge in [-0.15, -0.1) is 0 Å². The molecule has 1 aliphatic heterocycles. The molecule has 8 heteroatoms. The van der Waals surface area contributed by atoms with Crippen LogP contribution in [0.15, 0.2) is 78.9 Å². The molecule has 2 amide bonds. The first-order valence-electron chi connectivity index (χ1n) is 11.0. The standard InChI is InChI=1S/C28H17Cl2N3O3/c29-19-11-9-17(10-12-19)23-15-18(16-31)26(32-25(23)22-7-3-4-8-24(22)30)36-14-13-33-27(34)20-5-1-2-6-21(20)28(33)35/h1-12,15H,13-14H2. The topological polar surface area (TPSA) is 83.3 Å². The average Bonchev–Trinajstić information content (AvgIpc) is 3.14. The molecule has 176 valence electrons. The van der Waals surface area contributed by atoms with Crippen molar-refractivity contribution in [2.45, 2.75) is 0 Å². The molecule has 36 heavy (non-hydrogen) atoms. The third kappa shape index (κ3) is 4.31. The van der Waals surface area contributed by atoms with Gasteiger partial charge in [0.25, 0.3) is 11.8 Å². The first-order chi connectivity index (χ1) is 17.5. The van der Waals surface area contributed by atoms with Gasteiger partial charge < -0.3 is 4.74 Å². The fourth-order valence-corrected chi connectivity index (χ4v) is 4.42. The highest BCUT2D eigenvalue weighted by Crippen LogP contribution is 2.38. The van der Waals surface area contributed by atoms with Gasteiger partial charge in [-0.1, -0.05) is 65.7 Å². The van der Waals surface area contributed by atoms with Crippen molar-refractivity contribution in [3.05, 3.63) is 106 Å². The van der Waals surface area contributed by atoms with Gasteiger partial charge in [0.1, 0.15) is 18.2 Å². The molecule has 0 saturated heterocycles. The number of benzene rings is 3. The Balaban J connectivity index is 1.47. The number of carbonyl (C=O) groups excluding carboxylic acids is 2. The third-order valence-corrected chi connectivity index (χ3v) is 6.41. The number of halogens is 2. The summed E-state index contributed by atoms with van der Waals surface area (Å²) in [7, 11) is 0. The maximum Gasteiger partial charge on any atom is 0.261 e. The molecule has 0 unspecified atom stereocenters. The second-order valence-electron chi connectivity index (χ2n) is 7.99. The number of fused-ring (bicyclic) bond motifs is 1. The molecule has 6 nitrogen and oxygen atoms in total. The molecule has 0 saturated carbocycles. The van der Waals surface area contributed by atoms with Gasteiger partial charge in [-0.05, 0) is 42.0 Å². The van der Waals surface area contributed by atoms with Crippen molar-refractivity contribution in [3.63, 3.8) is 0 Å². The highest BCUT2D eigenvalue weighted by molar-refractivity contribution is 6.33. The Hall–Kier alpha value is -4.18. The molecule has 0 fully saturated rings. The molecule has 5 rings (SSSR count). The highest BCUT2D eigenvalue weighted by Gasteiger charge is 2.34. The Labute approximate surface area is 217 Å². The molecular weight excluding hydrogens is 497 g/mol. The number of hydrogen-bond acceptors (Lipinski definition) is 5. The number of hydrogen-bond donors (Lipinski definition) is 0. The molecule has 0 spiro atoms. The summed E-state index contributed by atoms with van der Waals surface area (Å²) in [5, 5.41) is 10.9. The van der Waals surface area contributed by atoms with Gasteiger partial charge in [0.2, 0.25) is 5.88 Å². The summed E-state index contributed by atoms with van der Waals surface area (Å²) in [6, 6.07) is 24.9. The maximum absolute atomic E-state index is 12.6. The van der Waals surface area contributed by atoms with Crippen molar-refractivity contribution in [2.24, 2.45) is 0 Å². The van der Waals surface area contributed by atoms with E-state index in [2.05, 4.69) is 11.1 Å². The van der Waals surface area contributed by atoms with Gasteiger partial charge in [0.15, 0.2) is 0 Å². The molecule has 0 N–H and O–H groups in total. The molecule has 0 aliphatic carbocycles. The van der Waals surface area contributed by atoms with Crippen LogP contribution in [0.5, 0.6) is 5.88 Å². The van der Waals surface area contributed by atoms with Crippen LogP contribution in [0.1, 0.15) is 26.3 Å². The van der Waals surface area contributed by atoms with Crippen molar-refractivity contribution < 1.29 is 14.3 Å². The zero-order chi connectivity index (χ0) is 25.2. The Morgan fingerprint density at radius 3 is 2.06 bits per heavy atom. The van der Waals surface area contributed by atoms with E-state index in [0.717, 1.165) is 10.5 Å². The van der Waals surface area contributed by atoms with Crippen LogP contribution in [0.2, 0.25) is 10.0 Å². The minimum atomic E-state index is -0.373. The molecule has 1 aliphatic rings. The predicted molar refractivity (Wildman–Crippen MR) is 137 cm³/mol. The van der Waals surface area contributed by atoms with Crippen molar-refractivity contribution in [1.82, 2.24) is 9.88 Å². The van der Waals surface area contributed by atoms with E-state index < -0.39 is 0 Å². The summed E-state index contributed by atoms with van der Waals surface area (Å²) in [5.74, 6) is -0.660. The van der Waals surface area contributed by atoms with Gasteiger partial charge >= 0.3 is 0 Å². The minimum Gasteiger partial charge on any atom is -0.475 e. The van der Waals surface area contributed by atoms with Crippen LogP contribution in [0, 0.1) is 11.3 Å². The average molecular weight is 514 g/mol. The maximum atomic E-state index is 12.6. The van der Waals surface area contributed by atoms with Gasteiger partial charge in [0, 0.05) is 21.2 Å². The molecular formula is C28H17Cl2N3O3. The monoisotopic (exact) mass is 513 g/mol. The summed E-state index contributed by atoms with van der Waals surface area (Å²) in [5.41, 5.74) is 3.62. The zero-order valence-electron chi connectivity index (χ0n) is 18.7. The lowest BCUT2D eigenvalue weighted by atomic mass is 9.98. The zero-order valence-corrected chi connectivity index (χ0v) is 20.3. The summed E-state index contributed by atoms with van der Waals surface area (Å²) in [4.78, 5) is 31.1. The van der Waals surface area contributed by atoms with E-state index in [4.69, 9.17) is 27.9 Å². The number of nitrogens with zero attached hydrogens (tertiary/aromatic N) is 3. The minimum absolute atomic E-state index is 0.0132. The van der Waals surface area contributed by atoms with E-state index in [-0.39, 0.29) is 36.4 Å². The predicted octanol–water partition coefficient (Wildman–Crippen LogP) is 6.27. The second-order valence-corrected chi connectivity index (χ2v) is 8.84. The lowest BCUT2D eigenvalue weighted by molar-refractivity contribution is 0.0630. The van der Waals surface area contributed by atoms with Crippen molar-refractivity contribution in [1.29, 1.82) is 5.26 Å². The summed E-state index contributed by atoms with van der Waals surface area (Å²) in [6.07, 6.45) is 0. The van der Waals surface area contributed by atoms with E-state index in [1.807, 2.05) is 30.3 Å². The highest BCUT2D eigenvalue weighted by atomic mass is 35.5. The van der Waals surface area contributed by atoms with Crippen LogP contribution >= 0.6 is 23.2 Å². The fourth-order valence-electron chi connectivity index (χ4n) is 4.07. The molecule has 3 aromatic carbocycles. The largest absolute Gasteiger partial charge is 0.475 e. The van der Waals surface area contributed by atoms with E-state index in [9.17, 15) is 14.9 Å². The van der Waals surface area contributed by atoms with Gasteiger partial charge in [-0.3, -0.25) is 14.5 Å². The normalized spacial score (nSPS) is 12.4. The van der Waals surface area contributed by atoms with E-state index in [1.165, 1.54) is 0 Å². The summed E-state index contributed by atoms with van der Waals surface area (Å²) >= 11 is 12.6. The van der Waals surface area contributed by atoms with Crippen molar-refractivity contribution in [3.8, 4) is 34.3 Å². The van der Waals surface area contributed by atoms with Crippen LogP contribution in [-0.2, 0) is 0 Å². The number of nitriles is 1. The quantitative estimate of drug-likeness (QED) is 0.283. The fraction of sp³-hybridized carbons (Fsp3) is 0.0714. The van der Waals surface area contributed by atoms with E-state index >= 15 is 0 Å². The molecule has 0 atom stereocenters. The van der Waals surface area contributed by atoms with Crippen LogP contribution in [0.25, 0.3) is 22.4 Å². The number of aromatic nitrogens is 1. The number of rotatable bonds is 6. The number of amides is 2. The number of ether oxygens (including phenoxy) is 1. The molecule has 1 aromatic heterocycles. The molecule has 2 heterocycles. The Morgan fingerprint density at radius 2 is 1.44 bits per heavy atom. The van der Waals surface area contributed by atoms with Crippen LogP contribution in [0.4, 0.5) is 0 Å². The Bertz CT molecular complexity index is 1510. The third-order valence-electron chi connectivity index (χ3n) is 5.82. The molecule has 0 bridgehead atoms. The molecule has 4 aromatic rings. The number of pyridine rings is 1. The van der Waals surface area contributed by atoms with Gasteiger partial charge in [-0.2, -0.15) is 5.26 Å². The first kappa shape index (κ1) is 23.6. The van der Waals surface area contributed by atoms with Gasteiger partial charge in [0.05, 0.1) is 23.4 Å². The van der Waals surface area contributed by atoms with Crippen molar-refractivity contribution in [2.75, 3.05) is 13.2 Å². The van der Waals surface area contributed by atoms with Crippen LogP contribution < -0.4 is 4.74 Å². The Morgan fingerprint density at radius 1 is 0.833 bits per heavy atom. The first-order valence-corrected chi connectivity index (χ1v) is 11.8. The number of carbonyl (C=O) groups is 2. The summed E-state index contributed by atoms with van der Waals surface area (Å²) < 4.78 is 5.85. The van der Waals surface area contributed by atoms with Crippen LogP contribution in [0.3, 0.4) is 0 Å². The van der Waals surface area contributed by atoms with E-state index in [0.29, 0.717) is 38.0 Å². The Kier molecular flexibility index (Phi) is 6.43. The van der Waals surface area contributed by atoms with E-state index in [1.54, 1.807) is 48.5 Å². The SMILES string of the molecule is N#Cc1cc(-c2ccc(Cl)cc2)c(-c2ccccc2Cl)nc1OCCN1C(=O)c2ccccc2C1=O. The lowest BCUT2D eigenvalue weighted by Crippen LogP contribution is -2.33.